The van der Waals surface area contributed by atoms with Crippen LogP contribution in [0.2, 0.25) is 0 Å². The predicted octanol–water partition coefficient (Wildman–Crippen LogP) is 1.76. The van der Waals surface area contributed by atoms with Gasteiger partial charge in [-0.2, -0.15) is 4.98 Å². The molecular weight excluding hydrogens is 192 g/mol. The van der Waals surface area contributed by atoms with Crippen molar-refractivity contribution in [3.05, 3.63) is 29.6 Å². The van der Waals surface area contributed by atoms with E-state index < -0.39 is 0 Å². The second kappa shape index (κ2) is 3.65. The van der Waals surface area contributed by atoms with Crippen LogP contribution >= 0.6 is 0 Å². The summed E-state index contributed by atoms with van der Waals surface area (Å²) in [7, 11) is 1.52. The number of aromatic nitrogens is 2. The first kappa shape index (κ1) is 9.58. The van der Waals surface area contributed by atoms with Crippen LogP contribution in [0.5, 0.6) is 5.88 Å². The quantitative estimate of drug-likeness (QED) is 0.696. The van der Waals surface area contributed by atoms with E-state index in [-0.39, 0.29) is 5.82 Å². The number of fused-ring (bicyclic) bond motifs is 1. The number of benzene rings is 1. The van der Waals surface area contributed by atoms with Crippen LogP contribution in [0, 0.1) is 6.92 Å². The average molecular weight is 202 g/mol. The van der Waals surface area contributed by atoms with E-state index in [4.69, 9.17) is 4.74 Å². The van der Waals surface area contributed by atoms with Crippen LogP contribution in [0.4, 0.5) is 0 Å². The molecular formula is C11H10N2O2. The lowest BCUT2D eigenvalue weighted by atomic mass is 10.2. The maximum Gasteiger partial charge on any atom is 0.224 e. The molecule has 1 aromatic heterocycles. The molecule has 0 atom stereocenters. The van der Waals surface area contributed by atoms with Crippen LogP contribution in [-0.2, 0) is 0 Å². The molecule has 0 radical (unpaired) electrons. The summed E-state index contributed by atoms with van der Waals surface area (Å²) >= 11 is 0. The third-order valence-corrected chi connectivity index (χ3v) is 2.13. The molecule has 4 nitrogen and oxygen atoms in total. The molecule has 0 aliphatic carbocycles. The van der Waals surface area contributed by atoms with Crippen molar-refractivity contribution in [1.82, 2.24) is 9.97 Å². The van der Waals surface area contributed by atoms with Crippen molar-refractivity contribution in [3.63, 3.8) is 0 Å². The minimum atomic E-state index is 0.143. The van der Waals surface area contributed by atoms with Gasteiger partial charge in [0.25, 0.3) is 0 Å². The van der Waals surface area contributed by atoms with Gasteiger partial charge in [0.2, 0.25) is 5.88 Å². The Kier molecular flexibility index (Phi) is 2.33. The minimum Gasteiger partial charge on any atom is -0.480 e. The molecule has 0 saturated carbocycles. The Morgan fingerprint density at radius 3 is 2.80 bits per heavy atom. The third kappa shape index (κ3) is 1.66. The molecule has 0 unspecified atom stereocenters. The van der Waals surface area contributed by atoms with Gasteiger partial charge in [0, 0.05) is 0 Å². The summed E-state index contributed by atoms with van der Waals surface area (Å²) in [6.45, 7) is 1.97. The Labute approximate surface area is 86.9 Å². The highest BCUT2D eigenvalue weighted by molar-refractivity contribution is 5.86. The fraction of sp³-hybridized carbons (Fsp3) is 0.182. The molecule has 0 saturated heterocycles. The van der Waals surface area contributed by atoms with Crippen molar-refractivity contribution in [2.75, 3.05) is 7.11 Å². The van der Waals surface area contributed by atoms with Crippen LogP contribution < -0.4 is 4.74 Å². The Hall–Kier alpha value is -1.97. The SMILES string of the molecule is COc1nc(C=O)nc2cc(C)ccc12. The highest BCUT2D eigenvalue weighted by atomic mass is 16.5. The fourth-order valence-electron chi connectivity index (χ4n) is 1.44. The summed E-state index contributed by atoms with van der Waals surface area (Å²) in [4.78, 5) is 18.7. The van der Waals surface area contributed by atoms with E-state index in [0.29, 0.717) is 12.2 Å². The number of hydrogen-bond acceptors (Lipinski definition) is 4. The molecule has 0 spiro atoms. The summed E-state index contributed by atoms with van der Waals surface area (Å²) < 4.78 is 5.10. The lowest BCUT2D eigenvalue weighted by Gasteiger charge is -2.04. The predicted molar refractivity (Wildman–Crippen MR) is 56.2 cm³/mol. The molecule has 0 amide bonds. The Morgan fingerprint density at radius 2 is 2.13 bits per heavy atom. The minimum absolute atomic E-state index is 0.143. The summed E-state index contributed by atoms with van der Waals surface area (Å²) in [5.41, 5.74) is 1.81. The highest BCUT2D eigenvalue weighted by Crippen LogP contribution is 2.22. The number of nitrogens with zero attached hydrogens (tertiary/aromatic N) is 2. The monoisotopic (exact) mass is 202 g/mol. The summed E-state index contributed by atoms with van der Waals surface area (Å²) in [5, 5.41) is 0.814. The van der Waals surface area contributed by atoms with E-state index in [1.165, 1.54) is 7.11 Å². The number of hydrogen-bond donors (Lipinski definition) is 0. The highest BCUT2D eigenvalue weighted by Gasteiger charge is 2.07. The molecule has 2 aromatic rings. The van der Waals surface area contributed by atoms with Gasteiger partial charge in [-0.15, -0.1) is 0 Å². The normalized spacial score (nSPS) is 10.3. The Bertz CT molecular complexity index is 523. The number of ether oxygens (including phenoxy) is 1. The maximum absolute atomic E-state index is 10.6. The van der Waals surface area contributed by atoms with E-state index in [1.54, 1.807) is 0 Å². The van der Waals surface area contributed by atoms with Crippen molar-refractivity contribution >= 4 is 17.2 Å². The number of aryl methyl sites for hydroxylation is 1. The molecule has 2 rings (SSSR count). The van der Waals surface area contributed by atoms with E-state index in [1.807, 2.05) is 25.1 Å². The Morgan fingerprint density at radius 1 is 1.33 bits per heavy atom. The lowest BCUT2D eigenvalue weighted by molar-refractivity contribution is 0.111. The lowest BCUT2D eigenvalue weighted by Crippen LogP contribution is -1.98. The molecule has 1 aromatic carbocycles. The van der Waals surface area contributed by atoms with Crippen LogP contribution in [0.15, 0.2) is 18.2 Å². The van der Waals surface area contributed by atoms with Gasteiger partial charge < -0.3 is 4.74 Å². The molecule has 76 valence electrons. The first-order chi connectivity index (χ1) is 7.24. The first-order valence-corrected chi connectivity index (χ1v) is 4.52. The van der Waals surface area contributed by atoms with E-state index in [2.05, 4.69) is 9.97 Å². The summed E-state index contributed by atoms with van der Waals surface area (Å²) in [6, 6.07) is 5.74. The van der Waals surface area contributed by atoms with Gasteiger partial charge in [-0.05, 0) is 24.6 Å². The van der Waals surface area contributed by atoms with Crippen molar-refractivity contribution in [2.45, 2.75) is 6.92 Å². The smallest absolute Gasteiger partial charge is 0.224 e. The van der Waals surface area contributed by atoms with Crippen LogP contribution in [-0.4, -0.2) is 23.4 Å². The van der Waals surface area contributed by atoms with Gasteiger partial charge in [0.05, 0.1) is 18.0 Å². The molecule has 15 heavy (non-hydrogen) atoms. The molecule has 4 heteroatoms. The van der Waals surface area contributed by atoms with E-state index >= 15 is 0 Å². The second-order valence-electron chi connectivity index (χ2n) is 3.23. The number of carbonyl (C=O) groups is 1. The van der Waals surface area contributed by atoms with E-state index in [0.717, 1.165) is 16.5 Å². The van der Waals surface area contributed by atoms with Gasteiger partial charge in [0.15, 0.2) is 12.1 Å². The van der Waals surface area contributed by atoms with Gasteiger partial charge >= 0.3 is 0 Å². The van der Waals surface area contributed by atoms with Gasteiger partial charge in [0.1, 0.15) is 0 Å². The zero-order chi connectivity index (χ0) is 10.8. The largest absolute Gasteiger partial charge is 0.480 e. The topological polar surface area (TPSA) is 52.1 Å². The van der Waals surface area contributed by atoms with Crippen molar-refractivity contribution in [2.24, 2.45) is 0 Å². The number of rotatable bonds is 2. The van der Waals surface area contributed by atoms with Crippen molar-refractivity contribution < 1.29 is 9.53 Å². The van der Waals surface area contributed by atoms with Crippen molar-refractivity contribution in [1.29, 1.82) is 0 Å². The van der Waals surface area contributed by atoms with Crippen LogP contribution in [0.1, 0.15) is 16.2 Å². The van der Waals surface area contributed by atoms with Crippen molar-refractivity contribution in [3.8, 4) is 5.88 Å². The number of methoxy groups -OCH3 is 1. The first-order valence-electron chi connectivity index (χ1n) is 4.52. The molecule has 0 aliphatic rings. The zero-order valence-corrected chi connectivity index (χ0v) is 8.52. The third-order valence-electron chi connectivity index (χ3n) is 2.13. The molecule has 0 N–H and O–H groups in total. The molecule has 0 bridgehead atoms. The fourth-order valence-corrected chi connectivity index (χ4v) is 1.44. The van der Waals surface area contributed by atoms with Gasteiger partial charge in [-0.1, -0.05) is 6.07 Å². The standard InChI is InChI=1S/C11H10N2O2/c1-7-3-4-8-9(5-7)12-10(6-14)13-11(8)15-2/h3-6H,1-2H3. The van der Waals surface area contributed by atoms with E-state index in [9.17, 15) is 4.79 Å². The number of aldehydes is 1. The molecule has 1 heterocycles. The Balaban J connectivity index is 2.80. The summed E-state index contributed by atoms with van der Waals surface area (Å²) in [6.07, 6.45) is 0.615. The van der Waals surface area contributed by atoms with Crippen LogP contribution in [0.3, 0.4) is 0 Å². The summed E-state index contributed by atoms with van der Waals surface area (Å²) in [5.74, 6) is 0.576. The van der Waals surface area contributed by atoms with Gasteiger partial charge in [-0.25, -0.2) is 4.98 Å². The van der Waals surface area contributed by atoms with Crippen LogP contribution in [0.25, 0.3) is 10.9 Å². The molecule has 0 fully saturated rings. The van der Waals surface area contributed by atoms with Gasteiger partial charge in [-0.3, -0.25) is 4.79 Å². The zero-order valence-electron chi connectivity index (χ0n) is 8.52. The maximum atomic E-state index is 10.6. The average Bonchev–Trinajstić information content (AvgIpc) is 2.26. The second-order valence-corrected chi connectivity index (χ2v) is 3.23. The molecule has 0 aliphatic heterocycles. The number of carbonyl (C=O) groups excluding carboxylic acids is 1.